The van der Waals surface area contributed by atoms with Crippen molar-refractivity contribution in [2.24, 2.45) is 5.92 Å². The van der Waals surface area contributed by atoms with Crippen molar-refractivity contribution in [3.63, 3.8) is 0 Å². The number of halogens is 2. The first-order valence-electron chi connectivity index (χ1n) is 12.6. The molecule has 0 aliphatic carbocycles. The molecule has 0 saturated carbocycles. The molecule has 39 heavy (non-hydrogen) atoms. The molecule has 7 nitrogen and oxygen atoms in total. The molecule has 0 bridgehead atoms. The van der Waals surface area contributed by atoms with Gasteiger partial charge in [-0.05, 0) is 67.3 Å². The summed E-state index contributed by atoms with van der Waals surface area (Å²) in [4.78, 5) is 28.3. The zero-order valence-corrected chi connectivity index (χ0v) is 24.7. The first kappa shape index (κ1) is 30.5. The molecule has 3 rings (SSSR count). The van der Waals surface area contributed by atoms with Crippen molar-refractivity contribution >= 4 is 50.7 Å². The second-order valence-electron chi connectivity index (χ2n) is 9.72. The number of carbonyl (C=O) groups excluding carboxylic acids is 2. The minimum atomic E-state index is -4.15. The number of benzene rings is 3. The van der Waals surface area contributed by atoms with E-state index in [2.05, 4.69) is 5.32 Å². The standard InChI is InChI=1S/C29H33Cl2N3O4S/c1-20(2)17-32-29(36)22(4)33(18-23-9-8-10-24(30)15-23)28(35)19-34(25-14-13-21(3)27(31)16-25)39(37,38)26-11-6-5-7-12-26/h5-16,20,22H,17-19H2,1-4H3,(H,32,36)/t22-/m1/s1. The Hall–Kier alpha value is -3.07. The van der Waals surface area contributed by atoms with Crippen LogP contribution in [-0.2, 0) is 26.2 Å². The van der Waals surface area contributed by atoms with Crippen LogP contribution in [0.1, 0.15) is 31.9 Å². The number of nitrogens with one attached hydrogen (secondary N) is 1. The third-order valence-corrected chi connectivity index (χ3v) is 8.58. The van der Waals surface area contributed by atoms with Crippen molar-refractivity contribution in [1.82, 2.24) is 10.2 Å². The van der Waals surface area contributed by atoms with Gasteiger partial charge in [0.1, 0.15) is 12.6 Å². The van der Waals surface area contributed by atoms with Gasteiger partial charge in [-0.25, -0.2) is 8.42 Å². The average molecular weight is 591 g/mol. The first-order chi connectivity index (χ1) is 18.4. The molecule has 0 spiro atoms. The summed E-state index contributed by atoms with van der Waals surface area (Å²) >= 11 is 12.5. The molecule has 3 aromatic carbocycles. The van der Waals surface area contributed by atoms with Gasteiger partial charge in [-0.1, -0.05) is 73.4 Å². The van der Waals surface area contributed by atoms with Crippen molar-refractivity contribution in [2.45, 2.75) is 45.2 Å². The van der Waals surface area contributed by atoms with Crippen molar-refractivity contribution in [3.8, 4) is 0 Å². The molecule has 10 heteroatoms. The number of rotatable bonds is 11. The minimum Gasteiger partial charge on any atom is -0.354 e. The maximum atomic E-state index is 13.9. The Morgan fingerprint density at radius 1 is 0.923 bits per heavy atom. The lowest BCUT2D eigenvalue weighted by molar-refractivity contribution is -0.139. The van der Waals surface area contributed by atoms with Gasteiger partial charge in [-0.15, -0.1) is 0 Å². The molecule has 0 unspecified atom stereocenters. The molecular weight excluding hydrogens is 557 g/mol. The van der Waals surface area contributed by atoms with Crippen LogP contribution in [0.2, 0.25) is 10.0 Å². The van der Waals surface area contributed by atoms with Gasteiger partial charge in [0.25, 0.3) is 10.0 Å². The van der Waals surface area contributed by atoms with Crippen LogP contribution >= 0.6 is 23.2 Å². The highest BCUT2D eigenvalue weighted by Gasteiger charge is 2.32. The van der Waals surface area contributed by atoms with Gasteiger partial charge in [0, 0.05) is 23.1 Å². The van der Waals surface area contributed by atoms with Crippen LogP contribution in [0.5, 0.6) is 0 Å². The Morgan fingerprint density at radius 3 is 2.23 bits per heavy atom. The second-order valence-corrected chi connectivity index (χ2v) is 12.4. The van der Waals surface area contributed by atoms with Crippen molar-refractivity contribution in [2.75, 3.05) is 17.4 Å². The average Bonchev–Trinajstić information content (AvgIpc) is 2.90. The van der Waals surface area contributed by atoms with E-state index < -0.39 is 28.5 Å². The monoisotopic (exact) mass is 589 g/mol. The zero-order valence-electron chi connectivity index (χ0n) is 22.4. The van der Waals surface area contributed by atoms with Gasteiger partial charge in [0.2, 0.25) is 11.8 Å². The molecule has 0 aromatic heterocycles. The number of amides is 2. The molecule has 0 heterocycles. The first-order valence-corrected chi connectivity index (χ1v) is 14.7. The fourth-order valence-electron chi connectivity index (χ4n) is 3.85. The maximum Gasteiger partial charge on any atom is 0.264 e. The predicted molar refractivity (Wildman–Crippen MR) is 156 cm³/mol. The Labute approximate surface area is 240 Å². The van der Waals surface area contributed by atoms with Crippen LogP contribution < -0.4 is 9.62 Å². The Balaban J connectivity index is 2.03. The summed E-state index contributed by atoms with van der Waals surface area (Å²) in [5.41, 5.74) is 1.71. The number of sulfonamides is 1. The molecule has 208 valence electrons. The third kappa shape index (κ3) is 7.97. The van der Waals surface area contributed by atoms with Crippen molar-refractivity contribution in [3.05, 3.63) is 94.0 Å². The number of aryl methyl sites for hydroxylation is 1. The lowest BCUT2D eigenvalue weighted by atomic mass is 10.1. The lowest BCUT2D eigenvalue weighted by Gasteiger charge is -2.32. The predicted octanol–water partition coefficient (Wildman–Crippen LogP) is 5.69. The zero-order chi connectivity index (χ0) is 28.7. The number of nitrogens with zero attached hydrogens (tertiary/aromatic N) is 2. The van der Waals surface area contributed by atoms with Gasteiger partial charge in [0.15, 0.2) is 0 Å². The topological polar surface area (TPSA) is 86.8 Å². The van der Waals surface area contributed by atoms with Gasteiger partial charge in [-0.3, -0.25) is 13.9 Å². The molecule has 3 aromatic rings. The highest BCUT2D eigenvalue weighted by molar-refractivity contribution is 7.92. The summed E-state index contributed by atoms with van der Waals surface area (Å²) < 4.78 is 28.6. The van der Waals surface area contributed by atoms with E-state index >= 15 is 0 Å². The van der Waals surface area contributed by atoms with Crippen molar-refractivity contribution < 1.29 is 18.0 Å². The van der Waals surface area contributed by atoms with Gasteiger partial charge < -0.3 is 10.2 Å². The summed E-state index contributed by atoms with van der Waals surface area (Å²) in [5, 5.41) is 3.71. The Kier molecular flexibility index (Phi) is 10.4. The van der Waals surface area contributed by atoms with Crippen molar-refractivity contribution in [1.29, 1.82) is 0 Å². The fraction of sp³-hybridized carbons (Fsp3) is 0.310. The number of hydrogen-bond acceptors (Lipinski definition) is 4. The lowest BCUT2D eigenvalue weighted by Crippen LogP contribution is -2.51. The molecule has 2 amide bonds. The van der Waals surface area contributed by atoms with E-state index in [-0.39, 0.29) is 29.0 Å². The normalized spacial score (nSPS) is 12.2. The maximum absolute atomic E-state index is 13.9. The summed E-state index contributed by atoms with van der Waals surface area (Å²) in [6.45, 7) is 7.33. The highest BCUT2D eigenvalue weighted by atomic mass is 35.5. The van der Waals surface area contributed by atoms with E-state index in [0.717, 1.165) is 9.87 Å². The SMILES string of the molecule is Cc1ccc(N(CC(=O)N(Cc2cccc(Cl)c2)[C@H](C)C(=O)NCC(C)C)S(=O)(=O)c2ccccc2)cc1Cl. The molecule has 1 atom stereocenters. The van der Waals surface area contributed by atoms with E-state index in [0.29, 0.717) is 22.2 Å². The molecule has 0 radical (unpaired) electrons. The highest BCUT2D eigenvalue weighted by Crippen LogP contribution is 2.28. The Bertz CT molecular complexity index is 1420. The molecule has 0 aliphatic rings. The van der Waals surface area contributed by atoms with E-state index in [4.69, 9.17) is 23.2 Å². The van der Waals surface area contributed by atoms with Gasteiger partial charge in [0.05, 0.1) is 10.6 Å². The number of anilines is 1. The van der Waals surface area contributed by atoms with Crippen LogP contribution in [0.4, 0.5) is 5.69 Å². The fourth-order valence-corrected chi connectivity index (χ4v) is 5.67. The largest absolute Gasteiger partial charge is 0.354 e. The molecule has 0 fully saturated rings. The van der Waals surface area contributed by atoms with E-state index in [1.165, 1.54) is 23.1 Å². The summed E-state index contributed by atoms with van der Waals surface area (Å²) in [7, 11) is -4.15. The Morgan fingerprint density at radius 2 is 1.62 bits per heavy atom. The van der Waals surface area contributed by atoms with Crippen LogP contribution in [0.3, 0.4) is 0 Å². The van der Waals surface area contributed by atoms with E-state index in [9.17, 15) is 18.0 Å². The van der Waals surface area contributed by atoms with Crippen LogP contribution in [0.25, 0.3) is 0 Å². The number of carbonyl (C=O) groups is 2. The quantitative estimate of drug-likeness (QED) is 0.311. The second kappa shape index (κ2) is 13.3. The van der Waals surface area contributed by atoms with E-state index in [1.54, 1.807) is 68.4 Å². The molecule has 0 saturated heterocycles. The smallest absolute Gasteiger partial charge is 0.264 e. The number of hydrogen-bond donors (Lipinski definition) is 1. The summed E-state index contributed by atoms with van der Waals surface area (Å²) in [6, 6.07) is 18.8. The van der Waals surface area contributed by atoms with Crippen LogP contribution in [-0.4, -0.2) is 44.3 Å². The molecule has 1 N–H and O–H groups in total. The van der Waals surface area contributed by atoms with Crippen LogP contribution in [0.15, 0.2) is 77.7 Å². The minimum absolute atomic E-state index is 0.0265. The third-order valence-electron chi connectivity index (χ3n) is 6.15. The van der Waals surface area contributed by atoms with Crippen LogP contribution in [0, 0.1) is 12.8 Å². The molecule has 0 aliphatic heterocycles. The summed E-state index contributed by atoms with van der Waals surface area (Å²) in [5.74, 6) is -0.677. The van der Waals surface area contributed by atoms with Gasteiger partial charge in [-0.2, -0.15) is 0 Å². The molecular formula is C29H33Cl2N3O4S. The summed E-state index contributed by atoms with van der Waals surface area (Å²) in [6.07, 6.45) is 0. The van der Waals surface area contributed by atoms with Gasteiger partial charge >= 0.3 is 0 Å². The van der Waals surface area contributed by atoms with E-state index in [1.807, 2.05) is 13.8 Å².